The molecule has 0 radical (unpaired) electrons. The minimum atomic E-state index is -0.686. The van der Waals surface area contributed by atoms with Gasteiger partial charge in [0.2, 0.25) is 5.91 Å². The van der Waals surface area contributed by atoms with Crippen LogP contribution in [-0.2, 0) is 22.7 Å². The molecule has 5 nitrogen and oxygen atoms in total. The van der Waals surface area contributed by atoms with Crippen molar-refractivity contribution in [2.45, 2.75) is 26.1 Å². The number of carbonyl (C=O) groups is 2. The Morgan fingerprint density at radius 1 is 0.935 bits per heavy atom. The molecule has 0 aliphatic carbocycles. The number of halogens is 1. The van der Waals surface area contributed by atoms with Gasteiger partial charge in [-0.3, -0.25) is 9.59 Å². The summed E-state index contributed by atoms with van der Waals surface area (Å²) >= 11 is 6.17. The number of hydrogen-bond donors (Lipinski definition) is 1. The van der Waals surface area contributed by atoms with E-state index in [1.807, 2.05) is 66.7 Å². The van der Waals surface area contributed by atoms with E-state index < -0.39 is 6.04 Å². The second kappa shape index (κ2) is 11.2. The van der Waals surface area contributed by atoms with Crippen LogP contribution in [0.25, 0.3) is 0 Å². The Morgan fingerprint density at radius 2 is 1.55 bits per heavy atom. The molecule has 3 rings (SSSR count). The third kappa shape index (κ3) is 6.59. The van der Waals surface area contributed by atoms with Crippen LogP contribution in [0.15, 0.2) is 84.9 Å². The van der Waals surface area contributed by atoms with E-state index in [1.54, 1.807) is 25.1 Å². The van der Waals surface area contributed by atoms with Crippen LogP contribution in [-0.4, -0.2) is 29.4 Å². The Hall–Kier alpha value is -3.31. The second-order valence-corrected chi connectivity index (χ2v) is 7.50. The van der Waals surface area contributed by atoms with Crippen molar-refractivity contribution < 1.29 is 14.3 Å². The second-order valence-electron chi connectivity index (χ2n) is 7.09. The lowest BCUT2D eigenvalue weighted by Crippen LogP contribution is -2.48. The van der Waals surface area contributed by atoms with Gasteiger partial charge in [0.15, 0.2) is 6.61 Å². The predicted molar refractivity (Wildman–Crippen MR) is 122 cm³/mol. The Bertz CT molecular complexity index is 996. The van der Waals surface area contributed by atoms with Gasteiger partial charge in [0, 0.05) is 18.1 Å². The van der Waals surface area contributed by atoms with Gasteiger partial charge >= 0.3 is 0 Å². The number of rotatable bonds is 9. The van der Waals surface area contributed by atoms with Gasteiger partial charge in [-0.1, -0.05) is 78.3 Å². The maximum absolute atomic E-state index is 13.0. The molecule has 31 heavy (non-hydrogen) atoms. The van der Waals surface area contributed by atoms with Crippen LogP contribution in [0.4, 0.5) is 0 Å². The molecule has 1 unspecified atom stereocenters. The van der Waals surface area contributed by atoms with Crippen LogP contribution < -0.4 is 10.1 Å². The quantitative estimate of drug-likeness (QED) is 0.539. The molecule has 0 saturated carbocycles. The molecule has 3 aromatic carbocycles. The summed E-state index contributed by atoms with van der Waals surface area (Å²) in [6.07, 6.45) is 0. The molecule has 0 aliphatic rings. The van der Waals surface area contributed by atoms with Gasteiger partial charge in [0.25, 0.3) is 5.91 Å². The molecule has 1 atom stereocenters. The fraction of sp³-hybridized carbons (Fsp3) is 0.200. The first-order valence-corrected chi connectivity index (χ1v) is 10.4. The highest BCUT2D eigenvalue weighted by Gasteiger charge is 2.26. The van der Waals surface area contributed by atoms with Crippen LogP contribution in [0.1, 0.15) is 18.1 Å². The standard InChI is InChI=1S/C25H25ClN2O3/c1-19(25(30)27-16-21-12-8-9-15-23(21)26)28(17-20-10-4-2-5-11-20)24(29)18-31-22-13-6-3-7-14-22/h2-15,19H,16-18H2,1H3,(H,27,30). The van der Waals surface area contributed by atoms with Crippen LogP contribution in [0.3, 0.4) is 0 Å². The lowest BCUT2D eigenvalue weighted by Gasteiger charge is -2.28. The molecule has 0 spiro atoms. The topological polar surface area (TPSA) is 58.6 Å². The van der Waals surface area contributed by atoms with Gasteiger partial charge < -0.3 is 15.0 Å². The first-order chi connectivity index (χ1) is 15.0. The Labute approximate surface area is 187 Å². The molecule has 0 bridgehead atoms. The predicted octanol–water partition coefficient (Wildman–Crippen LogP) is 4.45. The maximum atomic E-state index is 13.0. The number of nitrogens with zero attached hydrogens (tertiary/aromatic N) is 1. The number of nitrogens with one attached hydrogen (secondary N) is 1. The van der Waals surface area contributed by atoms with Crippen molar-refractivity contribution in [2.24, 2.45) is 0 Å². The minimum Gasteiger partial charge on any atom is -0.484 e. The SMILES string of the molecule is CC(C(=O)NCc1ccccc1Cl)N(Cc1ccccc1)C(=O)COc1ccccc1. The normalized spacial score (nSPS) is 11.4. The van der Waals surface area contributed by atoms with E-state index >= 15 is 0 Å². The van der Waals surface area contributed by atoms with E-state index in [0.29, 0.717) is 17.3 Å². The summed E-state index contributed by atoms with van der Waals surface area (Å²) in [5, 5.41) is 3.46. The van der Waals surface area contributed by atoms with Gasteiger partial charge in [-0.25, -0.2) is 0 Å². The molecule has 0 fully saturated rings. The average Bonchev–Trinajstić information content (AvgIpc) is 2.81. The highest BCUT2D eigenvalue weighted by molar-refractivity contribution is 6.31. The summed E-state index contributed by atoms with van der Waals surface area (Å²) in [5.41, 5.74) is 1.75. The first-order valence-electron chi connectivity index (χ1n) is 10.1. The third-order valence-corrected chi connectivity index (χ3v) is 5.25. The smallest absolute Gasteiger partial charge is 0.261 e. The Balaban J connectivity index is 1.68. The third-order valence-electron chi connectivity index (χ3n) is 4.88. The summed E-state index contributed by atoms with van der Waals surface area (Å²) in [4.78, 5) is 27.4. The molecule has 0 saturated heterocycles. The molecular weight excluding hydrogens is 412 g/mol. The lowest BCUT2D eigenvalue weighted by molar-refractivity contribution is -0.142. The summed E-state index contributed by atoms with van der Waals surface area (Å²) in [6.45, 7) is 2.15. The fourth-order valence-electron chi connectivity index (χ4n) is 3.08. The van der Waals surface area contributed by atoms with Crippen molar-refractivity contribution in [3.8, 4) is 5.75 Å². The zero-order valence-corrected chi connectivity index (χ0v) is 18.1. The molecule has 0 aliphatic heterocycles. The van der Waals surface area contributed by atoms with E-state index in [0.717, 1.165) is 11.1 Å². The summed E-state index contributed by atoms with van der Waals surface area (Å²) in [5.74, 6) is 0.0725. The van der Waals surface area contributed by atoms with Gasteiger partial charge in [-0.2, -0.15) is 0 Å². The van der Waals surface area contributed by atoms with Crippen molar-refractivity contribution in [2.75, 3.05) is 6.61 Å². The summed E-state index contributed by atoms with van der Waals surface area (Å²) in [7, 11) is 0. The molecule has 0 heterocycles. The summed E-state index contributed by atoms with van der Waals surface area (Å²) < 4.78 is 5.62. The minimum absolute atomic E-state index is 0.154. The number of carbonyl (C=O) groups excluding carboxylic acids is 2. The number of benzene rings is 3. The Morgan fingerprint density at radius 3 is 2.23 bits per heavy atom. The molecule has 2 amide bonds. The first kappa shape index (κ1) is 22.4. The molecular formula is C25H25ClN2O3. The number of amides is 2. The van der Waals surface area contributed by atoms with E-state index in [9.17, 15) is 9.59 Å². The van der Waals surface area contributed by atoms with Crippen LogP contribution in [0, 0.1) is 0 Å². The van der Waals surface area contributed by atoms with Crippen LogP contribution in [0.5, 0.6) is 5.75 Å². The maximum Gasteiger partial charge on any atom is 0.261 e. The van der Waals surface area contributed by atoms with E-state index in [1.165, 1.54) is 4.90 Å². The van der Waals surface area contributed by atoms with Gasteiger partial charge in [0.1, 0.15) is 11.8 Å². The van der Waals surface area contributed by atoms with Gasteiger partial charge in [0.05, 0.1) is 0 Å². The highest BCUT2D eigenvalue weighted by Crippen LogP contribution is 2.15. The number of ether oxygens (including phenoxy) is 1. The average molecular weight is 437 g/mol. The van der Waals surface area contributed by atoms with E-state index in [-0.39, 0.29) is 25.0 Å². The monoisotopic (exact) mass is 436 g/mol. The van der Waals surface area contributed by atoms with Crippen molar-refractivity contribution >= 4 is 23.4 Å². The summed E-state index contributed by atoms with van der Waals surface area (Å²) in [6, 6.07) is 25.3. The lowest BCUT2D eigenvalue weighted by atomic mass is 10.1. The number of hydrogen-bond acceptors (Lipinski definition) is 3. The van der Waals surface area contributed by atoms with Crippen molar-refractivity contribution in [1.29, 1.82) is 0 Å². The van der Waals surface area contributed by atoms with Crippen molar-refractivity contribution in [3.63, 3.8) is 0 Å². The van der Waals surface area contributed by atoms with Crippen LogP contribution >= 0.6 is 11.6 Å². The molecule has 6 heteroatoms. The van der Waals surface area contributed by atoms with E-state index in [4.69, 9.17) is 16.3 Å². The fourth-order valence-corrected chi connectivity index (χ4v) is 3.28. The molecule has 160 valence electrons. The van der Waals surface area contributed by atoms with E-state index in [2.05, 4.69) is 5.32 Å². The molecule has 0 aromatic heterocycles. The zero-order chi connectivity index (χ0) is 22.1. The van der Waals surface area contributed by atoms with Crippen LogP contribution in [0.2, 0.25) is 5.02 Å². The number of para-hydroxylation sites is 1. The molecule has 3 aromatic rings. The van der Waals surface area contributed by atoms with Crippen molar-refractivity contribution in [3.05, 3.63) is 101 Å². The van der Waals surface area contributed by atoms with Gasteiger partial charge in [-0.15, -0.1) is 0 Å². The highest BCUT2D eigenvalue weighted by atomic mass is 35.5. The van der Waals surface area contributed by atoms with Gasteiger partial charge in [-0.05, 0) is 36.2 Å². The van der Waals surface area contributed by atoms with Crippen molar-refractivity contribution in [1.82, 2.24) is 10.2 Å². The molecule has 1 N–H and O–H groups in total. The zero-order valence-electron chi connectivity index (χ0n) is 17.3. The Kier molecular flexibility index (Phi) is 8.07. The largest absolute Gasteiger partial charge is 0.484 e.